The van der Waals surface area contributed by atoms with E-state index >= 15 is 0 Å². The summed E-state index contributed by atoms with van der Waals surface area (Å²) >= 11 is 0. The lowest BCUT2D eigenvalue weighted by molar-refractivity contribution is 0.765. The summed E-state index contributed by atoms with van der Waals surface area (Å²) < 4.78 is 7.15. The SMILES string of the molecule is c1ccc(-c2ccc3c(c2)c2ccccc2n3-c2cccc(-c3cc(-c4ccccc4)nc(-c4cccc5ccccc45)c3)c2)cc1.c1ccc(-c2nc(-c3ccccc3)nc(-c3cccc(-n4c5ccccc5c5c6ccccc6ccc54)c3)n2)cc1.c1ccc(C2(c3ccccc3)c3cccnc3-c3ncc(-c4ccc(-n5c6ccccc6c6ccccc65)c5ccccc45)cc32)cc1. The van der Waals surface area contributed by atoms with Gasteiger partial charge in [0.1, 0.15) is 0 Å². The third-order valence-corrected chi connectivity index (χ3v) is 27.0. The summed E-state index contributed by atoms with van der Waals surface area (Å²) in [6.45, 7) is 0. The predicted octanol–water partition coefficient (Wildman–Crippen LogP) is 31.9. The highest BCUT2D eigenvalue weighted by Gasteiger charge is 2.48. The molecule has 136 heavy (non-hydrogen) atoms. The van der Waals surface area contributed by atoms with E-state index in [0.717, 1.165) is 95.3 Å². The Bertz CT molecular complexity index is 8950. The first kappa shape index (κ1) is 79.9. The van der Waals surface area contributed by atoms with Crippen molar-refractivity contribution in [2.24, 2.45) is 0 Å². The fourth-order valence-electron chi connectivity index (χ4n) is 20.9. The van der Waals surface area contributed by atoms with Crippen molar-refractivity contribution in [1.82, 2.24) is 43.6 Å². The van der Waals surface area contributed by atoms with Gasteiger partial charge in [-0.3, -0.25) is 9.97 Å². The van der Waals surface area contributed by atoms with Gasteiger partial charge in [0.05, 0.1) is 67.0 Å². The summed E-state index contributed by atoms with van der Waals surface area (Å²) in [6.07, 6.45) is 3.91. The Balaban J connectivity index is 0.000000109. The molecule has 0 atom stereocenters. The number of benzene rings is 19. The lowest BCUT2D eigenvalue weighted by atomic mass is 9.68. The van der Waals surface area contributed by atoms with E-state index in [9.17, 15) is 0 Å². The molecule has 0 amide bonds. The quantitative estimate of drug-likeness (QED) is 0.114. The average molecular weight is 1740 g/mol. The van der Waals surface area contributed by atoms with Crippen LogP contribution in [0.5, 0.6) is 0 Å². The zero-order valence-corrected chi connectivity index (χ0v) is 73.9. The van der Waals surface area contributed by atoms with Crippen molar-refractivity contribution in [1.29, 1.82) is 0 Å². The minimum atomic E-state index is -0.552. The highest BCUT2D eigenvalue weighted by atomic mass is 15.0. The van der Waals surface area contributed by atoms with E-state index in [1.165, 1.54) is 126 Å². The van der Waals surface area contributed by atoms with E-state index in [1.54, 1.807) is 0 Å². The molecule has 636 valence electrons. The Kier molecular flexibility index (Phi) is 20.0. The van der Waals surface area contributed by atoms with Crippen molar-refractivity contribution in [3.63, 3.8) is 0 Å². The predicted molar refractivity (Wildman–Crippen MR) is 562 cm³/mol. The molecule has 0 bridgehead atoms. The second-order valence-electron chi connectivity index (χ2n) is 34.7. The Morgan fingerprint density at radius 3 is 1.26 bits per heavy atom. The van der Waals surface area contributed by atoms with Gasteiger partial charge in [0, 0.05) is 100 Å². The van der Waals surface area contributed by atoms with Crippen molar-refractivity contribution in [3.05, 3.63) is 526 Å². The molecular weight excluding hydrogens is 1650 g/mol. The molecule has 7 heterocycles. The Morgan fingerprint density at radius 2 is 0.632 bits per heavy atom. The summed E-state index contributed by atoms with van der Waals surface area (Å²) in [7, 11) is 0. The molecule has 0 saturated carbocycles. The standard InChI is InChI=1S/C45H29N3.C45H30N2.C37H24N4/c1-3-14-31(15-4-1)45(32-16-5-2-6-17-32)38-22-13-27-46-43(38)44-39(45)28-30(29-47-44)33-25-26-42(35-19-8-7-18-34(33)35)48-40-23-11-9-20-36(40)37-21-10-12-24-41(37)48;1-3-13-31(14-4-1)35-25-26-45-41(28-35)40-22-9-10-24-44(40)47(45)37-20-11-19-34(27-37)36-29-42(33-16-5-2-6-17-33)46-43(30-36)39-23-12-18-32-15-7-8-21-38(32)39;1-3-13-26(14-4-1)35-38-36(27-15-5-2-6-16-27)40-37(39-35)28-17-11-18-29(24-28)41-32-21-10-9-20-31(32)34-30-19-8-7-12-25(30)22-23-33(34)41/h1-29H;1-30H;1-24H. The molecule has 19 aromatic carbocycles. The molecule has 0 spiro atoms. The first-order chi connectivity index (χ1) is 67.5. The Hall–Kier alpha value is -18.2. The van der Waals surface area contributed by atoms with E-state index in [4.69, 9.17) is 29.9 Å². The number of para-hydroxylation sites is 4. The minimum absolute atomic E-state index is 0.552. The molecule has 0 aliphatic heterocycles. The first-order valence-corrected chi connectivity index (χ1v) is 46.2. The fraction of sp³-hybridized carbons (Fsp3) is 0.00787. The van der Waals surface area contributed by atoms with Crippen LogP contribution in [0.25, 0.3) is 216 Å². The van der Waals surface area contributed by atoms with Gasteiger partial charge in [-0.25, -0.2) is 19.9 Å². The van der Waals surface area contributed by atoms with Gasteiger partial charge in [-0.05, 0) is 169 Å². The van der Waals surface area contributed by atoms with Crippen LogP contribution >= 0.6 is 0 Å². The van der Waals surface area contributed by atoms with Gasteiger partial charge < -0.3 is 13.7 Å². The number of nitrogens with zero attached hydrogens (tertiary/aromatic N) is 9. The number of hydrogen-bond donors (Lipinski definition) is 0. The maximum atomic E-state index is 5.23. The van der Waals surface area contributed by atoms with Crippen LogP contribution in [0.15, 0.2) is 504 Å². The molecule has 0 N–H and O–H groups in total. The zero-order chi connectivity index (χ0) is 90.0. The molecule has 0 saturated heterocycles. The molecule has 7 aromatic heterocycles. The molecule has 0 radical (unpaired) electrons. The lowest BCUT2D eigenvalue weighted by Gasteiger charge is -2.33. The summed E-state index contributed by atoms with van der Waals surface area (Å²) in [4.78, 5) is 30.1. The number of hydrogen-bond acceptors (Lipinski definition) is 6. The molecule has 9 nitrogen and oxygen atoms in total. The third-order valence-electron chi connectivity index (χ3n) is 27.0. The molecule has 1 aliphatic carbocycles. The van der Waals surface area contributed by atoms with Crippen molar-refractivity contribution < 1.29 is 0 Å². The molecule has 27 rings (SSSR count). The molecular formula is C127H83N9. The number of rotatable bonds is 13. The van der Waals surface area contributed by atoms with Crippen molar-refractivity contribution in [2.75, 3.05) is 0 Å². The van der Waals surface area contributed by atoms with Crippen LogP contribution in [0, 0.1) is 0 Å². The maximum absolute atomic E-state index is 5.23. The maximum Gasteiger partial charge on any atom is 0.164 e. The second-order valence-corrected chi connectivity index (χ2v) is 34.7. The van der Waals surface area contributed by atoms with Gasteiger partial charge in [0.15, 0.2) is 17.5 Å². The van der Waals surface area contributed by atoms with Crippen molar-refractivity contribution in [2.45, 2.75) is 5.41 Å². The third kappa shape index (κ3) is 13.9. The topological polar surface area (TPSA) is 92.1 Å². The monoisotopic (exact) mass is 1730 g/mol. The van der Waals surface area contributed by atoms with Crippen LogP contribution in [0.2, 0.25) is 0 Å². The van der Waals surface area contributed by atoms with Crippen molar-refractivity contribution >= 4 is 97.7 Å². The molecule has 1 aliphatic rings. The van der Waals surface area contributed by atoms with Gasteiger partial charge in [-0.15, -0.1) is 0 Å². The normalized spacial score (nSPS) is 12.0. The zero-order valence-electron chi connectivity index (χ0n) is 73.9. The fourth-order valence-corrected chi connectivity index (χ4v) is 20.9. The van der Waals surface area contributed by atoms with Crippen LogP contribution in [-0.2, 0) is 5.41 Å². The smallest absolute Gasteiger partial charge is 0.164 e. The lowest BCUT2D eigenvalue weighted by Crippen LogP contribution is -2.28. The summed E-state index contributed by atoms with van der Waals surface area (Å²) in [5, 5.41) is 14.8. The van der Waals surface area contributed by atoms with Crippen LogP contribution in [-0.4, -0.2) is 43.6 Å². The number of fused-ring (bicyclic) bond motifs is 16. The van der Waals surface area contributed by atoms with E-state index in [2.05, 4.69) is 438 Å². The van der Waals surface area contributed by atoms with Gasteiger partial charge >= 0.3 is 0 Å². The van der Waals surface area contributed by atoms with Gasteiger partial charge in [-0.1, -0.05) is 394 Å². The summed E-state index contributed by atoms with van der Waals surface area (Å²) in [6, 6.07) is 174. The highest BCUT2D eigenvalue weighted by Crippen LogP contribution is 2.56. The van der Waals surface area contributed by atoms with Crippen molar-refractivity contribution in [3.8, 4) is 119 Å². The van der Waals surface area contributed by atoms with Gasteiger partial charge in [0.25, 0.3) is 0 Å². The molecule has 26 aromatic rings. The number of pyridine rings is 3. The van der Waals surface area contributed by atoms with Crippen LogP contribution in [0.1, 0.15) is 22.3 Å². The molecule has 0 fully saturated rings. The average Bonchev–Trinajstić information content (AvgIpc) is 1.53. The molecule has 0 unspecified atom stereocenters. The summed E-state index contributed by atoms with van der Waals surface area (Å²) in [5.41, 5.74) is 30.5. The minimum Gasteiger partial charge on any atom is -0.309 e. The first-order valence-electron chi connectivity index (χ1n) is 46.2. The van der Waals surface area contributed by atoms with E-state index in [-0.39, 0.29) is 0 Å². The van der Waals surface area contributed by atoms with E-state index < -0.39 is 5.41 Å². The Morgan fingerprint density at radius 1 is 0.199 bits per heavy atom. The molecule has 9 heteroatoms. The second kappa shape index (κ2) is 34.0. The van der Waals surface area contributed by atoms with Gasteiger partial charge in [-0.2, -0.15) is 0 Å². The van der Waals surface area contributed by atoms with Crippen LogP contribution in [0.3, 0.4) is 0 Å². The van der Waals surface area contributed by atoms with Gasteiger partial charge in [0.2, 0.25) is 0 Å². The Labute approximate surface area is 785 Å². The van der Waals surface area contributed by atoms with E-state index in [1.807, 2.05) is 79.1 Å². The number of aromatic nitrogens is 9. The largest absolute Gasteiger partial charge is 0.309 e. The van der Waals surface area contributed by atoms with Crippen LogP contribution < -0.4 is 0 Å². The van der Waals surface area contributed by atoms with E-state index in [0.29, 0.717) is 17.5 Å². The highest BCUT2D eigenvalue weighted by molar-refractivity contribution is 6.22. The van der Waals surface area contributed by atoms with Crippen LogP contribution in [0.4, 0.5) is 0 Å². The summed E-state index contributed by atoms with van der Waals surface area (Å²) in [5.74, 6) is 1.96.